The van der Waals surface area contributed by atoms with Crippen LogP contribution in [0.15, 0.2) is 28.7 Å². The number of carbonyl (C=O) groups is 2. The minimum absolute atomic E-state index is 0.0321. The van der Waals surface area contributed by atoms with E-state index >= 15 is 0 Å². The maximum absolute atomic E-state index is 11.9. The van der Waals surface area contributed by atoms with E-state index in [0.29, 0.717) is 25.4 Å². The zero-order valence-corrected chi connectivity index (χ0v) is 17.0. The highest BCUT2D eigenvalue weighted by molar-refractivity contribution is 9.10. The van der Waals surface area contributed by atoms with E-state index in [2.05, 4.69) is 36.7 Å². The van der Waals surface area contributed by atoms with Crippen LogP contribution in [0.2, 0.25) is 0 Å². The molecule has 0 aliphatic rings. The predicted octanol–water partition coefficient (Wildman–Crippen LogP) is 5.07. The number of halogens is 1. The molecule has 0 aliphatic heterocycles. The van der Waals surface area contributed by atoms with Gasteiger partial charge < -0.3 is 9.47 Å². The van der Waals surface area contributed by atoms with Crippen LogP contribution >= 0.6 is 15.9 Å². The summed E-state index contributed by atoms with van der Waals surface area (Å²) in [6, 6.07) is 7.92. The first-order chi connectivity index (χ1) is 11.9. The molecule has 0 N–H and O–H groups in total. The lowest BCUT2D eigenvalue weighted by atomic mass is 10.0. The van der Waals surface area contributed by atoms with Crippen molar-refractivity contribution in [3.05, 3.63) is 34.3 Å². The molecule has 0 bridgehead atoms. The quantitative estimate of drug-likeness (QED) is 0.475. The van der Waals surface area contributed by atoms with Crippen LogP contribution in [0, 0.1) is 5.92 Å². The van der Waals surface area contributed by atoms with E-state index in [9.17, 15) is 9.59 Å². The summed E-state index contributed by atoms with van der Waals surface area (Å²) in [6.45, 7) is 6.54. The van der Waals surface area contributed by atoms with Crippen molar-refractivity contribution in [1.82, 2.24) is 0 Å². The molecular weight excluding hydrogens is 384 g/mol. The summed E-state index contributed by atoms with van der Waals surface area (Å²) >= 11 is 3.38. The van der Waals surface area contributed by atoms with Crippen molar-refractivity contribution < 1.29 is 19.1 Å². The smallest absolute Gasteiger partial charge is 0.306 e. The summed E-state index contributed by atoms with van der Waals surface area (Å²) in [5, 5.41) is 0. The Labute approximate surface area is 159 Å². The van der Waals surface area contributed by atoms with E-state index in [1.807, 2.05) is 24.3 Å². The molecule has 0 radical (unpaired) electrons. The Morgan fingerprint density at radius 1 is 1.08 bits per heavy atom. The summed E-state index contributed by atoms with van der Waals surface area (Å²) in [5.74, 6) is -0.179. The molecule has 1 aromatic carbocycles. The molecule has 5 heteroatoms. The normalized spacial score (nSPS) is 12.0. The van der Waals surface area contributed by atoms with Gasteiger partial charge in [-0.05, 0) is 36.5 Å². The lowest BCUT2D eigenvalue weighted by Crippen LogP contribution is -2.23. The monoisotopic (exact) mass is 412 g/mol. The Morgan fingerprint density at radius 3 is 2.32 bits per heavy atom. The Bertz CT molecular complexity index is 525. The molecule has 4 nitrogen and oxygen atoms in total. The molecule has 0 spiro atoms. The van der Waals surface area contributed by atoms with Gasteiger partial charge >= 0.3 is 11.9 Å². The Kier molecular flexibility index (Phi) is 10.5. The minimum Gasteiger partial charge on any atom is -0.465 e. The van der Waals surface area contributed by atoms with Gasteiger partial charge in [0.05, 0.1) is 6.61 Å². The fraction of sp³-hybridized carbons (Fsp3) is 0.600. The van der Waals surface area contributed by atoms with Gasteiger partial charge in [-0.25, -0.2) is 0 Å². The number of hydrogen-bond acceptors (Lipinski definition) is 4. The largest absolute Gasteiger partial charge is 0.465 e. The topological polar surface area (TPSA) is 52.6 Å². The second-order valence-corrected chi connectivity index (χ2v) is 7.43. The van der Waals surface area contributed by atoms with Crippen LogP contribution < -0.4 is 0 Å². The molecule has 0 saturated carbocycles. The molecule has 1 rings (SSSR count). The summed E-state index contributed by atoms with van der Waals surface area (Å²) < 4.78 is 11.7. The molecule has 0 heterocycles. The SMILES string of the molecule is CCCC(OC(=O)CCCC(=O)OCCc1ccc(Br)cc1)C(C)C. The number of esters is 2. The van der Waals surface area contributed by atoms with Gasteiger partial charge in [-0.1, -0.05) is 55.3 Å². The molecule has 0 fully saturated rings. The van der Waals surface area contributed by atoms with Crippen molar-refractivity contribution >= 4 is 27.9 Å². The van der Waals surface area contributed by atoms with Gasteiger partial charge in [0.15, 0.2) is 0 Å². The predicted molar refractivity (Wildman–Crippen MR) is 102 cm³/mol. The summed E-state index contributed by atoms with van der Waals surface area (Å²) in [6.07, 6.45) is 3.49. The maximum atomic E-state index is 11.9. The molecule has 25 heavy (non-hydrogen) atoms. The van der Waals surface area contributed by atoms with Gasteiger partial charge in [0.2, 0.25) is 0 Å². The zero-order chi connectivity index (χ0) is 18.7. The summed E-state index contributed by atoms with van der Waals surface area (Å²) in [5.41, 5.74) is 1.12. The third kappa shape index (κ3) is 9.63. The minimum atomic E-state index is -0.265. The second-order valence-electron chi connectivity index (χ2n) is 6.51. The van der Waals surface area contributed by atoms with Crippen LogP contribution in [0.25, 0.3) is 0 Å². The molecule has 1 atom stereocenters. The Balaban J connectivity index is 2.16. The number of carbonyl (C=O) groups excluding carboxylic acids is 2. The van der Waals surface area contributed by atoms with Crippen molar-refractivity contribution in [2.24, 2.45) is 5.92 Å². The molecule has 0 aliphatic carbocycles. The maximum Gasteiger partial charge on any atom is 0.306 e. The number of ether oxygens (including phenoxy) is 2. The Morgan fingerprint density at radius 2 is 1.72 bits per heavy atom. The fourth-order valence-corrected chi connectivity index (χ4v) is 2.69. The Hall–Kier alpha value is -1.36. The summed E-state index contributed by atoms with van der Waals surface area (Å²) in [7, 11) is 0. The third-order valence-corrected chi connectivity index (χ3v) is 4.46. The van der Waals surface area contributed by atoms with Gasteiger partial charge in [-0.2, -0.15) is 0 Å². The number of rotatable bonds is 11. The van der Waals surface area contributed by atoms with E-state index in [0.717, 1.165) is 22.9 Å². The van der Waals surface area contributed by atoms with Gasteiger partial charge in [0, 0.05) is 23.7 Å². The third-order valence-electron chi connectivity index (χ3n) is 3.93. The van der Waals surface area contributed by atoms with Crippen molar-refractivity contribution in [3.63, 3.8) is 0 Å². The van der Waals surface area contributed by atoms with Gasteiger partial charge in [0.1, 0.15) is 6.10 Å². The highest BCUT2D eigenvalue weighted by atomic mass is 79.9. The van der Waals surface area contributed by atoms with E-state index in [1.165, 1.54) is 0 Å². The van der Waals surface area contributed by atoms with E-state index in [-0.39, 0.29) is 30.9 Å². The van der Waals surface area contributed by atoms with Crippen molar-refractivity contribution in [2.45, 2.75) is 65.4 Å². The molecule has 0 saturated heterocycles. The summed E-state index contributed by atoms with van der Waals surface area (Å²) in [4.78, 5) is 23.6. The number of benzene rings is 1. The van der Waals surface area contributed by atoms with Gasteiger partial charge in [-0.15, -0.1) is 0 Å². The lowest BCUT2D eigenvalue weighted by molar-refractivity contribution is -0.152. The van der Waals surface area contributed by atoms with E-state index in [1.54, 1.807) is 0 Å². The van der Waals surface area contributed by atoms with Gasteiger partial charge in [-0.3, -0.25) is 9.59 Å². The van der Waals surface area contributed by atoms with Crippen molar-refractivity contribution in [2.75, 3.05) is 6.61 Å². The standard InChI is InChI=1S/C20H29BrO4/c1-4-6-18(15(2)3)25-20(23)8-5-7-19(22)24-14-13-16-9-11-17(21)12-10-16/h9-12,15,18H,4-8,13-14H2,1-3H3. The highest BCUT2D eigenvalue weighted by Crippen LogP contribution is 2.15. The fourth-order valence-electron chi connectivity index (χ4n) is 2.42. The average Bonchev–Trinajstić information content (AvgIpc) is 2.56. The van der Waals surface area contributed by atoms with Crippen LogP contribution in [-0.4, -0.2) is 24.6 Å². The van der Waals surface area contributed by atoms with E-state index in [4.69, 9.17) is 9.47 Å². The molecule has 0 amide bonds. The highest BCUT2D eigenvalue weighted by Gasteiger charge is 2.17. The average molecular weight is 413 g/mol. The molecule has 0 aromatic heterocycles. The van der Waals surface area contributed by atoms with Crippen molar-refractivity contribution in [3.8, 4) is 0 Å². The van der Waals surface area contributed by atoms with Crippen molar-refractivity contribution in [1.29, 1.82) is 0 Å². The van der Waals surface area contributed by atoms with Crippen LogP contribution in [0.3, 0.4) is 0 Å². The van der Waals surface area contributed by atoms with Crippen LogP contribution in [-0.2, 0) is 25.5 Å². The lowest BCUT2D eigenvalue weighted by Gasteiger charge is -2.20. The molecular formula is C20H29BrO4. The first-order valence-corrected chi connectivity index (χ1v) is 9.81. The van der Waals surface area contributed by atoms with Gasteiger partial charge in [0.25, 0.3) is 0 Å². The number of hydrogen-bond donors (Lipinski definition) is 0. The zero-order valence-electron chi connectivity index (χ0n) is 15.4. The van der Waals surface area contributed by atoms with Crippen LogP contribution in [0.1, 0.15) is 58.4 Å². The first-order valence-electron chi connectivity index (χ1n) is 9.02. The molecule has 140 valence electrons. The second kappa shape index (κ2) is 12.1. The van der Waals surface area contributed by atoms with Crippen LogP contribution in [0.5, 0.6) is 0 Å². The van der Waals surface area contributed by atoms with E-state index < -0.39 is 0 Å². The first kappa shape index (κ1) is 21.7. The molecule has 1 aromatic rings. The van der Waals surface area contributed by atoms with Crippen LogP contribution in [0.4, 0.5) is 0 Å². The molecule has 1 unspecified atom stereocenters.